The van der Waals surface area contributed by atoms with E-state index in [4.69, 9.17) is 4.98 Å². The Kier molecular flexibility index (Phi) is 3.97. The molecule has 3 nitrogen and oxygen atoms in total. The van der Waals surface area contributed by atoms with Gasteiger partial charge in [0.1, 0.15) is 17.2 Å². The molecule has 0 aliphatic heterocycles. The second kappa shape index (κ2) is 6.57. The molecule has 4 rings (SSSR count). The number of ketones is 1. The lowest BCUT2D eigenvalue weighted by Gasteiger charge is -2.02. The first-order valence-corrected chi connectivity index (χ1v) is 8.13. The smallest absolute Gasteiger partial charge is 0.211 e. The predicted octanol–water partition coefficient (Wildman–Crippen LogP) is 4.97. The van der Waals surface area contributed by atoms with Crippen LogP contribution < -0.4 is 0 Å². The van der Waals surface area contributed by atoms with Gasteiger partial charge in [0.05, 0.1) is 0 Å². The number of carbonyl (C=O) groups excluding carboxylic acids is 1. The van der Waals surface area contributed by atoms with Gasteiger partial charge in [-0.2, -0.15) is 0 Å². The van der Waals surface area contributed by atoms with Crippen LogP contribution in [-0.2, 0) is 0 Å². The molecule has 1 N–H and O–H groups in total. The Balaban J connectivity index is 1.87. The fourth-order valence-electron chi connectivity index (χ4n) is 2.81. The van der Waals surface area contributed by atoms with Gasteiger partial charge in [-0.1, -0.05) is 91.0 Å². The van der Waals surface area contributed by atoms with Gasteiger partial charge >= 0.3 is 0 Å². The van der Waals surface area contributed by atoms with E-state index in [1.807, 2.05) is 91.0 Å². The molecule has 0 atom stereocenters. The highest BCUT2D eigenvalue weighted by Gasteiger charge is 2.20. The maximum absolute atomic E-state index is 13.0. The Labute approximate surface area is 146 Å². The van der Waals surface area contributed by atoms with E-state index in [0.29, 0.717) is 22.8 Å². The van der Waals surface area contributed by atoms with Gasteiger partial charge in [0.25, 0.3) is 0 Å². The van der Waals surface area contributed by atoms with Crippen molar-refractivity contribution >= 4 is 5.78 Å². The highest BCUT2D eigenvalue weighted by molar-refractivity contribution is 6.11. The summed E-state index contributed by atoms with van der Waals surface area (Å²) < 4.78 is 0. The quantitative estimate of drug-likeness (QED) is 0.538. The molecule has 0 amide bonds. The zero-order valence-electron chi connectivity index (χ0n) is 13.5. The van der Waals surface area contributed by atoms with Crippen LogP contribution >= 0.6 is 0 Å². The third-order valence-corrected chi connectivity index (χ3v) is 4.06. The largest absolute Gasteiger partial charge is 0.335 e. The van der Waals surface area contributed by atoms with Gasteiger partial charge in [0, 0.05) is 16.7 Å². The fourth-order valence-corrected chi connectivity index (χ4v) is 2.81. The van der Waals surface area contributed by atoms with Crippen molar-refractivity contribution in [2.45, 2.75) is 0 Å². The fraction of sp³-hybridized carbons (Fsp3) is 0. The molecule has 0 spiro atoms. The standard InChI is InChI=1S/C22H16N2O/c25-21(17-12-6-2-7-13-17)20-19(16-10-4-1-5-11-16)23-22(24-20)18-14-8-3-9-15-18/h1-15H,(H,23,24). The molecular formula is C22H16N2O. The van der Waals surface area contributed by atoms with E-state index in [-0.39, 0.29) is 5.78 Å². The number of H-pyrrole nitrogens is 1. The van der Waals surface area contributed by atoms with Crippen LogP contribution in [0, 0.1) is 0 Å². The van der Waals surface area contributed by atoms with Gasteiger partial charge in [0.2, 0.25) is 5.78 Å². The number of aromatic nitrogens is 2. The van der Waals surface area contributed by atoms with Gasteiger partial charge in [-0.15, -0.1) is 0 Å². The Morgan fingerprint density at radius 3 is 1.80 bits per heavy atom. The number of benzene rings is 3. The summed E-state index contributed by atoms with van der Waals surface area (Å²) in [5.41, 5.74) is 3.69. The molecule has 0 fully saturated rings. The summed E-state index contributed by atoms with van der Waals surface area (Å²) in [4.78, 5) is 21.0. The lowest BCUT2D eigenvalue weighted by molar-refractivity contribution is 0.103. The summed E-state index contributed by atoms with van der Waals surface area (Å²) >= 11 is 0. The van der Waals surface area contributed by atoms with Crippen molar-refractivity contribution in [3.63, 3.8) is 0 Å². The van der Waals surface area contributed by atoms with E-state index in [0.717, 1.165) is 11.1 Å². The SMILES string of the molecule is O=C(c1ccccc1)c1[nH]c(-c2ccccc2)nc1-c1ccccc1. The predicted molar refractivity (Wildman–Crippen MR) is 99.3 cm³/mol. The van der Waals surface area contributed by atoms with Gasteiger partial charge < -0.3 is 4.98 Å². The minimum Gasteiger partial charge on any atom is -0.335 e. The molecule has 25 heavy (non-hydrogen) atoms. The van der Waals surface area contributed by atoms with Crippen LogP contribution in [0.4, 0.5) is 0 Å². The van der Waals surface area contributed by atoms with Crippen LogP contribution in [0.1, 0.15) is 16.1 Å². The molecule has 0 saturated heterocycles. The summed E-state index contributed by atoms with van der Waals surface area (Å²) in [7, 11) is 0. The number of rotatable bonds is 4. The van der Waals surface area contributed by atoms with E-state index >= 15 is 0 Å². The lowest BCUT2D eigenvalue weighted by atomic mass is 10.0. The number of nitrogens with one attached hydrogen (secondary N) is 1. The van der Waals surface area contributed by atoms with Crippen molar-refractivity contribution in [1.82, 2.24) is 9.97 Å². The molecule has 0 aliphatic carbocycles. The third kappa shape index (κ3) is 3.00. The second-order valence-corrected chi connectivity index (χ2v) is 5.74. The summed E-state index contributed by atoms with van der Waals surface area (Å²) in [6.07, 6.45) is 0. The first-order chi connectivity index (χ1) is 12.3. The first kappa shape index (κ1) is 15.1. The molecule has 3 aromatic carbocycles. The van der Waals surface area contributed by atoms with Crippen LogP contribution in [0.5, 0.6) is 0 Å². The minimum atomic E-state index is -0.0610. The molecule has 0 aliphatic rings. The van der Waals surface area contributed by atoms with E-state index < -0.39 is 0 Å². The third-order valence-electron chi connectivity index (χ3n) is 4.06. The van der Waals surface area contributed by atoms with Crippen molar-refractivity contribution in [1.29, 1.82) is 0 Å². The van der Waals surface area contributed by atoms with Crippen molar-refractivity contribution in [2.75, 3.05) is 0 Å². The van der Waals surface area contributed by atoms with Crippen LogP contribution in [0.2, 0.25) is 0 Å². The average Bonchev–Trinajstić information content (AvgIpc) is 3.15. The van der Waals surface area contributed by atoms with Gasteiger partial charge in [0.15, 0.2) is 0 Å². The number of aromatic amines is 1. The van der Waals surface area contributed by atoms with E-state index in [1.54, 1.807) is 0 Å². The average molecular weight is 324 g/mol. The van der Waals surface area contributed by atoms with Crippen LogP contribution in [0.15, 0.2) is 91.0 Å². The van der Waals surface area contributed by atoms with E-state index in [2.05, 4.69) is 4.98 Å². The molecule has 0 radical (unpaired) electrons. The monoisotopic (exact) mass is 324 g/mol. The summed E-state index contributed by atoms with van der Waals surface area (Å²) in [6, 6.07) is 28.9. The maximum atomic E-state index is 13.0. The molecular weight excluding hydrogens is 308 g/mol. The molecule has 0 saturated carbocycles. The molecule has 1 heterocycles. The topological polar surface area (TPSA) is 45.8 Å². The van der Waals surface area contributed by atoms with E-state index in [9.17, 15) is 4.79 Å². The molecule has 120 valence electrons. The van der Waals surface area contributed by atoms with Crippen molar-refractivity contribution in [3.8, 4) is 22.6 Å². The Hall–Kier alpha value is -3.46. The number of hydrogen-bond donors (Lipinski definition) is 1. The maximum Gasteiger partial charge on any atom is 0.211 e. The van der Waals surface area contributed by atoms with Crippen molar-refractivity contribution in [3.05, 3.63) is 102 Å². The summed E-state index contributed by atoms with van der Waals surface area (Å²) in [5, 5.41) is 0. The van der Waals surface area contributed by atoms with Crippen molar-refractivity contribution < 1.29 is 4.79 Å². The molecule has 3 heteroatoms. The van der Waals surface area contributed by atoms with E-state index in [1.165, 1.54) is 0 Å². The Morgan fingerprint density at radius 1 is 0.680 bits per heavy atom. The summed E-state index contributed by atoms with van der Waals surface area (Å²) in [5.74, 6) is 0.632. The second-order valence-electron chi connectivity index (χ2n) is 5.74. The van der Waals surface area contributed by atoms with Gasteiger partial charge in [-0.3, -0.25) is 4.79 Å². The Bertz CT molecular complexity index is 990. The van der Waals surface area contributed by atoms with Crippen molar-refractivity contribution in [2.24, 2.45) is 0 Å². The normalized spacial score (nSPS) is 10.6. The molecule has 4 aromatic rings. The number of imidazole rings is 1. The number of carbonyl (C=O) groups is 1. The molecule has 0 unspecified atom stereocenters. The lowest BCUT2D eigenvalue weighted by Crippen LogP contribution is -2.03. The zero-order valence-corrected chi connectivity index (χ0v) is 13.5. The van der Waals surface area contributed by atoms with Gasteiger partial charge in [-0.05, 0) is 0 Å². The highest BCUT2D eigenvalue weighted by Crippen LogP contribution is 2.27. The van der Waals surface area contributed by atoms with Crippen LogP contribution in [0.25, 0.3) is 22.6 Å². The molecule has 1 aromatic heterocycles. The first-order valence-electron chi connectivity index (χ1n) is 8.13. The van der Waals surface area contributed by atoms with Crippen LogP contribution in [0.3, 0.4) is 0 Å². The number of nitrogens with zero attached hydrogens (tertiary/aromatic N) is 1. The Morgan fingerprint density at radius 2 is 1.20 bits per heavy atom. The van der Waals surface area contributed by atoms with Gasteiger partial charge in [-0.25, -0.2) is 4.98 Å². The highest BCUT2D eigenvalue weighted by atomic mass is 16.1. The summed E-state index contributed by atoms with van der Waals surface area (Å²) in [6.45, 7) is 0. The number of hydrogen-bond acceptors (Lipinski definition) is 2. The molecule has 0 bridgehead atoms. The zero-order chi connectivity index (χ0) is 17.1. The van der Waals surface area contributed by atoms with Crippen LogP contribution in [-0.4, -0.2) is 15.8 Å². The minimum absolute atomic E-state index is 0.0610.